The van der Waals surface area contributed by atoms with Crippen LogP contribution >= 0.6 is 0 Å². The molecule has 110 valence electrons. The Hall–Kier alpha value is -1.46. The number of halogens is 1. The summed E-state index contributed by atoms with van der Waals surface area (Å²) in [7, 11) is 0. The van der Waals surface area contributed by atoms with E-state index >= 15 is 0 Å². The maximum atomic E-state index is 13.0. The molecule has 1 fully saturated rings. The SMILES string of the molecule is CC(O)C1CCN(C(C(N)=O)c2ccc(F)cc2)CC1. The van der Waals surface area contributed by atoms with E-state index in [0.29, 0.717) is 13.1 Å². The third-order valence-corrected chi connectivity index (χ3v) is 4.08. The smallest absolute Gasteiger partial charge is 0.239 e. The molecule has 4 nitrogen and oxygen atoms in total. The highest BCUT2D eigenvalue weighted by molar-refractivity contribution is 5.81. The van der Waals surface area contributed by atoms with Gasteiger partial charge in [0.2, 0.25) is 5.91 Å². The van der Waals surface area contributed by atoms with Gasteiger partial charge in [-0.3, -0.25) is 9.69 Å². The standard InChI is InChI=1S/C15H21FN2O2/c1-10(19)11-6-8-18(9-7-11)14(15(17)20)12-2-4-13(16)5-3-12/h2-5,10-11,14,19H,6-9H2,1H3,(H2,17,20). The molecule has 0 spiro atoms. The van der Waals surface area contributed by atoms with Crippen LogP contribution in [0.25, 0.3) is 0 Å². The summed E-state index contributed by atoms with van der Waals surface area (Å²) in [5.74, 6) is -0.482. The van der Waals surface area contributed by atoms with Crippen LogP contribution in [0.5, 0.6) is 0 Å². The van der Waals surface area contributed by atoms with Crippen LogP contribution < -0.4 is 5.73 Å². The summed E-state index contributed by atoms with van der Waals surface area (Å²) >= 11 is 0. The van der Waals surface area contributed by atoms with Crippen LogP contribution in [0.1, 0.15) is 31.4 Å². The fourth-order valence-electron chi connectivity index (χ4n) is 2.86. The van der Waals surface area contributed by atoms with Gasteiger partial charge in [0.05, 0.1) is 6.10 Å². The Morgan fingerprint density at radius 2 is 1.90 bits per heavy atom. The van der Waals surface area contributed by atoms with Gasteiger partial charge in [0, 0.05) is 0 Å². The molecular weight excluding hydrogens is 259 g/mol. The molecule has 0 bridgehead atoms. The van der Waals surface area contributed by atoms with Crippen LogP contribution in [0.3, 0.4) is 0 Å². The van der Waals surface area contributed by atoms with Crippen molar-refractivity contribution in [1.29, 1.82) is 0 Å². The number of amides is 1. The summed E-state index contributed by atoms with van der Waals surface area (Å²) in [4.78, 5) is 13.7. The Bertz CT molecular complexity index is 453. The zero-order valence-electron chi connectivity index (χ0n) is 11.6. The maximum Gasteiger partial charge on any atom is 0.239 e. The fourth-order valence-corrected chi connectivity index (χ4v) is 2.86. The normalized spacial score (nSPS) is 20.6. The molecule has 1 heterocycles. The van der Waals surface area contributed by atoms with Crippen molar-refractivity contribution in [3.05, 3.63) is 35.6 Å². The van der Waals surface area contributed by atoms with Gasteiger partial charge in [-0.2, -0.15) is 0 Å². The van der Waals surface area contributed by atoms with Gasteiger partial charge >= 0.3 is 0 Å². The maximum absolute atomic E-state index is 13.0. The minimum atomic E-state index is -0.523. The van der Waals surface area contributed by atoms with Crippen molar-refractivity contribution in [1.82, 2.24) is 4.90 Å². The number of likely N-dealkylation sites (tertiary alicyclic amines) is 1. The van der Waals surface area contributed by atoms with Gasteiger partial charge in [-0.15, -0.1) is 0 Å². The molecule has 5 heteroatoms. The van der Waals surface area contributed by atoms with Gasteiger partial charge in [0.25, 0.3) is 0 Å². The van der Waals surface area contributed by atoms with E-state index in [4.69, 9.17) is 5.73 Å². The Morgan fingerprint density at radius 1 is 1.35 bits per heavy atom. The van der Waals surface area contributed by atoms with E-state index in [1.165, 1.54) is 12.1 Å². The predicted octanol–water partition coefficient (Wildman–Crippen LogP) is 1.44. The fraction of sp³-hybridized carbons (Fsp3) is 0.533. The second-order valence-electron chi connectivity index (χ2n) is 5.47. The number of hydrogen-bond acceptors (Lipinski definition) is 3. The lowest BCUT2D eigenvalue weighted by Crippen LogP contribution is -2.44. The lowest BCUT2D eigenvalue weighted by molar-refractivity contribution is -0.124. The largest absolute Gasteiger partial charge is 0.393 e. The molecule has 3 N–H and O–H groups in total. The molecule has 0 aliphatic carbocycles. The molecule has 1 aliphatic rings. The zero-order chi connectivity index (χ0) is 14.7. The van der Waals surface area contributed by atoms with E-state index < -0.39 is 11.9 Å². The van der Waals surface area contributed by atoms with Crippen LogP contribution in [-0.2, 0) is 4.79 Å². The summed E-state index contributed by atoms with van der Waals surface area (Å²) in [5.41, 5.74) is 6.23. The van der Waals surface area contributed by atoms with Crippen LogP contribution in [0.4, 0.5) is 4.39 Å². The van der Waals surface area contributed by atoms with Crippen molar-refractivity contribution in [3.63, 3.8) is 0 Å². The molecule has 1 amide bonds. The van der Waals surface area contributed by atoms with Crippen molar-refractivity contribution in [3.8, 4) is 0 Å². The third kappa shape index (κ3) is 3.35. The molecule has 1 saturated heterocycles. The highest BCUT2D eigenvalue weighted by Gasteiger charge is 2.30. The number of aliphatic hydroxyl groups is 1. The van der Waals surface area contributed by atoms with Crippen LogP contribution in [0.15, 0.2) is 24.3 Å². The van der Waals surface area contributed by atoms with E-state index in [1.807, 2.05) is 4.90 Å². The van der Waals surface area contributed by atoms with Crippen molar-refractivity contribution in [2.45, 2.75) is 31.9 Å². The van der Waals surface area contributed by atoms with Gasteiger partial charge in [-0.25, -0.2) is 4.39 Å². The van der Waals surface area contributed by atoms with E-state index in [2.05, 4.69) is 0 Å². The summed E-state index contributed by atoms with van der Waals surface area (Å²) in [6.07, 6.45) is 1.35. The Labute approximate surface area is 118 Å². The molecule has 1 aromatic rings. The Morgan fingerprint density at radius 3 is 2.35 bits per heavy atom. The van der Waals surface area contributed by atoms with Crippen LogP contribution in [0, 0.1) is 11.7 Å². The van der Waals surface area contributed by atoms with Gasteiger partial charge in [0.15, 0.2) is 0 Å². The summed E-state index contributed by atoms with van der Waals surface area (Å²) in [5, 5.41) is 9.61. The van der Waals surface area contributed by atoms with Crippen molar-refractivity contribution < 1.29 is 14.3 Å². The number of carbonyl (C=O) groups is 1. The zero-order valence-corrected chi connectivity index (χ0v) is 11.6. The Kier molecular flexibility index (Phi) is 4.73. The predicted molar refractivity (Wildman–Crippen MR) is 74.3 cm³/mol. The molecule has 1 aromatic carbocycles. The first kappa shape index (κ1) is 14.9. The molecule has 0 aromatic heterocycles. The first-order chi connectivity index (χ1) is 9.49. The lowest BCUT2D eigenvalue weighted by Gasteiger charge is -2.37. The molecular formula is C15H21FN2O2. The van der Waals surface area contributed by atoms with Gasteiger partial charge in [-0.05, 0) is 56.5 Å². The molecule has 20 heavy (non-hydrogen) atoms. The quantitative estimate of drug-likeness (QED) is 0.877. The first-order valence-corrected chi connectivity index (χ1v) is 6.96. The molecule has 1 aliphatic heterocycles. The average Bonchev–Trinajstić information content (AvgIpc) is 2.41. The second-order valence-corrected chi connectivity index (χ2v) is 5.47. The van der Waals surface area contributed by atoms with E-state index in [9.17, 15) is 14.3 Å². The van der Waals surface area contributed by atoms with Crippen molar-refractivity contribution >= 4 is 5.91 Å². The molecule has 2 unspecified atom stereocenters. The summed E-state index contributed by atoms with van der Waals surface area (Å²) in [6.45, 7) is 3.22. The number of rotatable bonds is 4. The van der Waals surface area contributed by atoms with Crippen molar-refractivity contribution in [2.24, 2.45) is 11.7 Å². The number of primary amides is 1. The second kappa shape index (κ2) is 6.33. The average molecular weight is 280 g/mol. The lowest BCUT2D eigenvalue weighted by atomic mass is 9.90. The number of carbonyl (C=O) groups excluding carboxylic acids is 1. The molecule has 2 atom stereocenters. The van der Waals surface area contributed by atoms with E-state index in [0.717, 1.165) is 18.4 Å². The van der Waals surface area contributed by atoms with Gasteiger partial charge in [-0.1, -0.05) is 12.1 Å². The summed E-state index contributed by atoms with van der Waals surface area (Å²) < 4.78 is 13.0. The van der Waals surface area contributed by atoms with Gasteiger partial charge in [0.1, 0.15) is 11.9 Å². The monoisotopic (exact) mass is 280 g/mol. The van der Waals surface area contributed by atoms with Gasteiger partial charge < -0.3 is 10.8 Å². The third-order valence-electron chi connectivity index (χ3n) is 4.08. The number of piperidine rings is 1. The number of benzene rings is 1. The number of hydrogen-bond donors (Lipinski definition) is 2. The van der Waals surface area contributed by atoms with E-state index in [1.54, 1.807) is 19.1 Å². The molecule has 0 saturated carbocycles. The topological polar surface area (TPSA) is 66.6 Å². The van der Waals surface area contributed by atoms with Crippen molar-refractivity contribution in [2.75, 3.05) is 13.1 Å². The van der Waals surface area contributed by atoms with Crippen LogP contribution in [0.2, 0.25) is 0 Å². The number of nitrogens with two attached hydrogens (primary N) is 1. The number of aliphatic hydroxyl groups excluding tert-OH is 1. The molecule has 0 radical (unpaired) electrons. The highest BCUT2D eigenvalue weighted by atomic mass is 19.1. The number of nitrogens with zero attached hydrogens (tertiary/aromatic N) is 1. The summed E-state index contributed by atoms with van der Waals surface area (Å²) in [6, 6.07) is 5.36. The minimum Gasteiger partial charge on any atom is -0.393 e. The minimum absolute atomic E-state index is 0.271. The first-order valence-electron chi connectivity index (χ1n) is 6.96. The molecule has 2 rings (SSSR count). The van der Waals surface area contributed by atoms with Crippen LogP contribution in [-0.4, -0.2) is 35.1 Å². The van der Waals surface area contributed by atoms with E-state index in [-0.39, 0.29) is 17.8 Å². The highest BCUT2D eigenvalue weighted by Crippen LogP contribution is 2.28. The Balaban J connectivity index is 2.11.